The zero-order valence-corrected chi connectivity index (χ0v) is 30.0. The summed E-state index contributed by atoms with van der Waals surface area (Å²) < 4.78 is 0. The normalized spacial score (nSPS) is 22.2. The Hall–Kier alpha value is -5.73. The van der Waals surface area contributed by atoms with Crippen LogP contribution in [0.15, 0.2) is 168 Å². The molecule has 9 rings (SSSR count). The summed E-state index contributed by atoms with van der Waals surface area (Å²) in [7, 11) is 0. The van der Waals surface area contributed by atoms with Crippen molar-refractivity contribution in [3.05, 3.63) is 197 Å². The zero-order valence-electron chi connectivity index (χ0n) is 30.0. The van der Waals surface area contributed by atoms with Crippen molar-refractivity contribution in [2.45, 2.75) is 51.1 Å². The van der Waals surface area contributed by atoms with E-state index >= 15 is 0 Å². The Kier molecular flexibility index (Phi) is 8.53. The van der Waals surface area contributed by atoms with E-state index in [2.05, 4.69) is 183 Å². The number of dihydropyridines is 2. The molecule has 4 aliphatic rings. The van der Waals surface area contributed by atoms with Gasteiger partial charge in [0.2, 0.25) is 0 Å². The number of benzene rings is 5. The number of hydrogen-bond acceptors (Lipinski definition) is 2. The van der Waals surface area contributed by atoms with Gasteiger partial charge < -0.3 is 5.32 Å². The van der Waals surface area contributed by atoms with E-state index in [0.29, 0.717) is 11.8 Å². The van der Waals surface area contributed by atoms with Gasteiger partial charge in [0.1, 0.15) is 0 Å². The van der Waals surface area contributed by atoms with Crippen LogP contribution in [0.25, 0.3) is 39.2 Å². The first kappa shape index (κ1) is 32.2. The first-order chi connectivity index (χ1) is 25.6. The summed E-state index contributed by atoms with van der Waals surface area (Å²) in [5.74, 6) is 0.905. The van der Waals surface area contributed by atoms with Gasteiger partial charge in [-0.3, -0.25) is 4.99 Å². The molecule has 2 aliphatic heterocycles. The Balaban J connectivity index is 1.23. The molecule has 0 amide bonds. The monoisotopic (exact) mass is 672 g/mol. The van der Waals surface area contributed by atoms with Crippen LogP contribution in [0.1, 0.15) is 78.5 Å². The molecule has 5 aromatic rings. The molecule has 5 aromatic carbocycles. The van der Waals surface area contributed by atoms with Crippen LogP contribution in [-0.2, 0) is 0 Å². The van der Waals surface area contributed by atoms with Gasteiger partial charge in [-0.2, -0.15) is 0 Å². The highest BCUT2D eigenvalue weighted by Crippen LogP contribution is 2.43. The third kappa shape index (κ3) is 6.13. The fraction of sp³-hybridized carbons (Fsp3) is 0.180. The molecule has 254 valence electrons. The lowest BCUT2D eigenvalue weighted by Crippen LogP contribution is -2.32. The molecule has 0 bridgehead atoms. The Morgan fingerprint density at radius 3 is 2.21 bits per heavy atom. The molecule has 0 saturated heterocycles. The second-order valence-corrected chi connectivity index (χ2v) is 14.8. The highest BCUT2D eigenvalue weighted by Gasteiger charge is 2.25. The molecule has 4 atom stereocenters. The number of nitrogens with one attached hydrogen (secondary N) is 1. The van der Waals surface area contributed by atoms with Gasteiger partial charge in [0.25, 0.3) is 0 Å². The minimum absolute atomic E-state index is 0.0378. The molecule has 0 aromatic heterocycles. The number of fused-ring (bicyclic) bond motifs is 3. The second-order valence-electron chi connectivity index (χ2n) is 14.8. The second kappa shape index (κ2) is 13.8. The standard InChI is InChI=1S/C50H44N2/c1-33-15-14-24-44-43-22-12-13-23-45(43)47(32-46(33)44)40-27-38(28-41(29-40)48-26-25-42(34(2)51-48)35-16-6-3-7-17-35)39-30-49(36-18-8-4-9-19-36)52-50(31-39)37-20-10-5-11-21-37/h3-14,16,18-30,32-35,50-51H,15,17,31H2,1-2H3. The van der Waals surface area contributed by atoms with Crippen LogP contribution in [-0.4, -0.2) is 11.8 Å². The Labute approximate surface area is 308 Å². The van der Waals surface area contributed by atoms with Crippen molar-refractivity contribution in [1.29, 1.82) is 0 Å². The molecule has 4 unspecified atom stereocenters. The number of aliphatic imine (C=N–C) groups is 1. The van der Waals surface area contributed by atoms with Gasteiger partial charge in [-0.15, -0.1) is 0 Å². The van der Waals surface area contributed by atoms with Gasteiger partial charge in [-0.1, -0.05) is 134 Å². The summed E-state index contributed by atoms with van der Waals surface area (Å²) in [4.78, 5) is 5.34. The van der Waals surface area contributed by atoms with Crippen LogP contribution in [0.2, 0.25) is 0 Å². The molecule has 1 N–H and O–H groups in total. The average Bonchev–Trinajstić information content (AvgIpc) is 3.21. The summed E-state index contributed by atoms with van der Waals surface area (Å²) >= 11 is 0. The van der Waals surface area contributed by atoms with Crippen molar-refractivity contribution in [2.24, 2.45) is 10.9 Å². The van der Waals surface area contributed by atoms with Gasteiger partial charge >= 0.3 is 0 Å². The van der Waals surface area contributed by atoms with Crippen molar-refractivity contribution in [3.8, 4) is 11.1 Å². The van der Waals surface area contributed by atoms with Crippen LogP contribution in [0, 0.1) is 5.92 Å². The van der Waals surface area contributed by atoms with Crippen LogP contribution in [0.4, 0.5) is 0 Å². The quantitative estimate of drug-likeness (QED) is 0.191. The van der Waals surface area contributed by atoms with Crippen LogP contribution in [0.5, 0.6) is 0 Å². The Morgan fingerprint density at radius 1 is 0.673 bits per heavy atom. The molecule has 2 aliphatic carbocycles. The van der Waals surface area contributed by atoms with Gasteiger partial charge in [0.05, 0.1) is 11.8 Å². The smallest absolute Gasteiger partial charge is 0.0796 e. The molecule has 0 spiro atoms. The Morgan fingerprint density at radius 2 is 1.42 bits per heavy atom. The number of nitrogens with zero attached hydrogens (tertiary/aromatic N) is 1. The van der Waals surface area contributed by atoms with Gasteiger partial charge in [0, 0.05) is 17.7 Å². The lowest BCUT2D eigenvalue weighted by molar-refractivity contribution is 0.626. The largest absolute Gasteiger partial charge is 0.378 e. The molecule has 2 heterocycles. The molecular weight excluding hydrogens is 629 g/mol. The first-order valence-electron chi connectivity index (χ1n) is 18.9. The topological polar surface area (TPSA) is 24.4 Å². The maximum Gasteiger partial charge on any atom is 0.0796 e. The lowest BCUT2D eigenvalue weighted by atomic mass is 9.81. The van der Waals surface area contributed by atoms with Crippen molar-refractivity contribution in [2.75, 3.05) is 0 Å². The number of allylic oxidation sites excluding steroid dienone is 8. The van der Waals surface area contributed by atoms with Crippen molar-refractivity contribution in [3.63, 3.8) is 0 Å². The zero-order chi connectivity index (χ0) is 35.0. The van der Waals surface area contributed by atoms with E-state index in [1.54, 1.807) is 0 Å². The first-order valence-corrected chi connectivity index (χ1v) is 18.9. The van der Waals surface area contributed by atoms with Gasteiger partial charge in [0.15, 0.2) is 0 Å². The SMILES string of the molecule is CC1NC(c2cc(C3=CC(c4ccccc4)=NC(c4ccccc4)C3)cc(-c3cc4c(c5ccccc35)C=CCC4C)c2)=CC=C1C1C=CC=CC1. The maximum atomic E-state index is 5.34. The van der Waals surface area contributed by atoms with E-state index in [9.17, 15) is 0 Å². The van der Waals surface area contributed by atoms with Crippen molar-refractivity contribution in [1.82, 2.24) is 5.32 Å². The fourth-order valence-electron chi connectivity index (χ4n) is 8.55. The highest BCUT2D eigenvalue weighted by atomic mass is 14.9. The minimum Gasteiger partial charge on any atom is -0.378 e. The molecule has 2 nitrogen and oxygen atoms in total. The summed E-state index contributed by atoms with van der Waals surface area (Å²) in [6, 6.07) is 40.4. The van der Waals surface area contributed by atoms with Gasteiger partial charge in [-0.25, -0.2) is 0 Å². The molecule has 2 heteroatoms. The van der Waals surface area contributed by atoms with E-state index < -0.39 is 0 Å². The summed E-state index contributed by atoms with van der Waals surface area (Å²) in [5, 5.41) is 6.56. The molecule has 0 radical (unpaired) electrons. The van der Waals surface area contributed by atoms with E-state index in [-0.39, 0.29) is 12.1 Å². The predicted octanol–water partition coefficient (Wildman–Crippen LogP) is 12.4. The third-order valence-electron chi connectivity index (χ3n) is 11.3. The average molecular weight is 673 g/mol. The molecule has 0 saturated carbocycles. The van der Waals surface area contributed by atoms with Crippen molar-refractivity contribution >= 4 is 33.8 Å². The van der Waals surface area contributed by atoms with Gasteiger partial charge in [-0.05, 0) is 135 Å². The molecular formula is C50H44N2. The lowest BCUT2D eigenvalue weighted by Gasteiger charge is -2.30. The van der Waals surface area contributed by atoms with E-state index in [1.165, 1.54) is 66.6 Å². The Bertz CT molecular complexity index is 2380. The fourth-order valence-corrected chi connectivity index (χ4v) is 8.55. The predicted molar refractivity (Wildman–Crippen MR) is 221 cm³/mol. The van der Waals surface area contributed by atoms with E-state index in [0.717, 1.165) is 30.5 Å². The number of rotatable bonds is 6. The third-order valence-corrected chi connectivity index (χ3v) is 11.3. The van der Waals surface area contributed by atoms with Crippen LogP contribution < -0.4 is 5.32 Å². The van der Waals surface area contributed by atoms with E-state index in [4.69, 9.17) is 4.99 Å². The summed E-state index contributed by atoms with van der Waals surface area (Å²) in [6.07, 6.45) is 23.6. The summed E-state index contributed by atoms with van der Waals surface area (Å²) in [6.45, 7) is 4.67. The maximum absolute atomic E-state index is 5.34. The van der Waals surface area contributed by atoms with E-state index in [1.807, 2.05) is 0 Å². The summed E-state index contributed by atoms with van der Waals surface area (Å²) in [5.41, 5.74) is 15.2. The van der Waals surface area contributed by atoms with Crippen LogP contribution >= 0.6 is 0 Å². The molecule has 52 heavy (non-hydrogen) atoms. The van der Waals surface area contributed by atoms with Crippen LogP contribution in [0.3, 0.4) is 0 Å². The molecule has 0 fully saturated rings. The highest BCUT2D eigenvalue weighted by molar-refractivity contribution is 6.13. The minimum atomic E-state index is 0.0378. The van der Waals surface area contributed by atoms with Crippen molar-refractivity contribution < 1.29 is 0 Å². The number of hydrogen-bond donors (Lipinski definition) is 1.